The molecule has 0 N–H and O–H groups in total. The van der Waals surface area contributed by atoms with E-state index in [1.165, 1.54) is 15.4 Å². The molecule has 0 bridgehead atoms. The van der Waals surface area contributed by atoms with Crippen LogP contribution in [0.4, 0.5) is 0 Å². The molecular formula is C16H24N2S. The van der Waals surface area contributed by atoms with Crippen LogP contribution >= 0.6 is 11.3 Å². The van der Waals surface area contributed by atoms with E-state index in [-0.39, 0.29) is 0 Å². The van der Waals surface area contributed by atoms with Crippen molar-refractivity contribution in [1.82, 2.24) is 9.97 Å². The molecule has 0 unspecified atom stereocenters. The van der Waals surface area contributed by atoms with E-state index in [9.17, 15) is 0 Å². The smallest absolute Gasteiger partial charge is 0.0956 e. The molecule has 0 spiro atoms. The van der Waals surface area contributed by atoms with Crippen LogP contribution in [0.1, 0.15) is 45.5 Å². The number of hydrogen-bond acceptors (Lipinski definition) is 3. The van der Waals surface area contributed by atoms with E-state index in [0.717, 1.165) is 0 Å². The number of rotatable bonds is 2. The van der Waals surface area contributed by atoms with Gasteiger partial charge in [-0.2, -0.15) is 0 Å². The highest BCUT2D eigenvalue weighted by Gasteiger charge is 2.06. The summed E-state index contributed by atoms with van der Waals surface area (Å²) in [5, 5.41) is 1.19. The SMILES string of the molecule is C=CC.CC.CC(C)c1ncc(-c2ccncc2)s1. The lowest BCUT2D eigenvalue weighted by Crippen LogP contribution is -1.81. The maximum Gasteiger partial charge on any atom is 0.0956 e. The maximum atomic E-state index is 4.39. The quantitative estimate of drug-likeness (QED) is 0.672. The molecule has 0 aliphatic carbocycles. The summed E-state index contributed by atoms with van der Waals surface area (Å²) < 4.78 is 0. The zero-order valence-corrected chi connectivity index (χ0v) is 13.4. The maximum absolute atomic E-state index is 4.39. The van der Waals surface area contributed by atoms with Crippen molar-refractivity contribution in [1.29, 1.82) is 0 Å². The van der Waals surface area contributed by atoms with E-state index >= 15 is 0 Å². The third-order valence-electron chi connectivity index (χ3n) is 1.98. The van der Waals surface area contributed by atoms with Gasteiger partial charge in [-0.15, -0.1) is 17.9 Å². The average Bonchev–Trinajstić information content (AvgIpc) is 2.93. The van der Waals surface area contributed by atoms with Crippen LogP contribution < -0.4 is 0 Å². The van der Waals surface area contributed by atoms with Gasteiger partial charge < -0.3 is 0 Å². The van der Waals surface area contributed by atoms with Crippen LogP contribution in [0, 0.1) is 0 Å². The number of thiazole rings is 1. The first kappa shape index (κ1) is 17.5. The van der Waals surface area contributed by atoms with Crippen molar-refractivity contribution in [2.24, 2.45) is 0 Å². The van der Waals surface area contributed by atoms with Gasteiger partial charge in [0, 0.05) is 24.5 Å². The molecule has 2 aromatic rings. The summed E-state index contributed by atoms with van der Waals surface area (Å²) >= 11 is 1.76. The Hall–Kier alpha value is -1.48. The molecule has 0 saturated heterocycles. The van der Waals surface area contributed by atoms with Crippen LogP contribution in [0.3, 0.4) is 0 Å². The van der Waals surface area contributed by atoms with Gasteiger partial charge in [0.05, 0.1) is 9.88 Å². The summed E-state index contributed by atoms with van der Waals surface area (Å²) in [5.41, 5.74) is 1.20. The van der Waals surface area contributed by atoms with Crippen LogP contribution in [0.2, 0.25) is 0 Å². The van der Waals surface area contributed by atoms with Crippen LogP contribution in [0.15, 0.2) is 43.4 Å². The van der Waals surface area contributed by atoms with E-state index in [2.05, 4.69) is 30.4 Å². The van der Waals surface area contributed by atoms with Crippen LogP contribution in [0.5, 0.6) is 0 Å². The van der Waals surface area contributed by atoms with Gasteiger partial charge in [0.15, 0.2) is 0 Å². The summed E-state index contributed by atoms with van der Waals surface area (Å²) in [5.74, 6) is 0.510. The van der Waals surface area contributed by atoms with E-state index in [0.29, 0.717) is 5.92 Å². The second kappa shape index (κ2) is 10.4. The van der Waals surface area contributed by atoms with Crippen LogP contribution in [0.25, 0.3) is 10.4 Å². The minimum absolute atomic E-state index is 0.510. The zero-order chi connectivity index (χ0) is 14.7. The summed E-state index contributed by atoms with van der Waals surface area (Å²) in [6.45, 7) is 13.6. The summed E-state index contributed by atoms with van der Waals surface area (Å²) in [6, 6.07) is 4.02. The molecular weight excluding hydrogens is 252 g/mol. The lowest BCUT2D eigenvalue weighted by Gasteiger charge is -1.96. The van der Waals surface area contributed by atoms with Gasteiger partial charge in [0.25, 0.3) is 0 Å². The molecule has 0 aromatic carbocycles. The van der Waals surface area contributed by atoms with Crippen molar-refractivity contribution in [3.63, 3.8) is 0 Å². The Kier molecular flexibility index (Phi) is 9.63. The highest BCUT2D eigenvalue weighted by Crippen LogP contribution is 2.28. The lowest BCUT2D eigenvalue weighted by molar-refractivity contribution is 0.852. The second-order valence-corrected chi connectivity index (χ2v) is 4.92. The molecule has 2 nitrogen and oxygen atoms in total. The fraction of sp³-hybridized carbons (Fsp3) is 0.375. The molecule has 0 fully saturated rings. The van der Waals surface area contributed by atoms with Crippen molar-refractivity contribution < 1.29 is 0 Å². The summed E-state index contributed by atoms with van der Waals surface area (Å²) in [7, 11) is 0. The fourth-order valence-electron chi connectivity index (χ4n) is 1.20. The van der Waals surface area contributed by atoms with E-state index < -0.39 is 0 Å². The topological polar surface area (TPSA) is 25.8 Å². The van der Waals surface area contributed by atoms with Crippen molar-refractivity contribution in [2.45, 2.75) is 40.5 Å². The van der Waals surface area contributed by atoms with Gasteiger partial charge in [0.2, 0.25) is 0 Å². The molecule has 2 rings (SSSR count). The third kappa shape index (κ3) is 6.30. The molecule has 0 atom stereocenters. The normalized spacial score (nSPS) is 8.95. The Morgan fingerprint density at radius 3 is 2.16 bits per heavy atom. The molecule has 19 heavy (non-hydrogen) atoms. The largest absolute Gasteiger partial charge is 0.265 e. The van der Waals surface area contributed by atoms with Gasteiger partial charge in [-0.1, -0.05) is 33.8 Å². The number of aromatic nitrogens is 2. The number of pyridine rings is 1. The highest BCUT2D eigenvalue weighted by atomic mass is 32.1. The predicted octanol–water partition coefficient (Wildman–Crippen LogP) is 5.55. The predicted molar refractivity (Wildman–Crippen MR) is 86.7 cm³/mol. The monoisotopic (exact) mass is 276 g/mol. The Balaban J connectivity index is 0.000000573. The molecule has 0 amide bonds. The second-order valence-electron chi connectivity index (χ2n) is 3.86. The number of allylic oxidation sites excluding steroid dienone is 1. The molecule has 3 heteroatoms. The zero-order valence-electron chi connectivity index (χ0n) is 12.6. The average molecular weight is 276 g/mol. The van der Waals surface area contributed by atoms with Crippen molar-refractivity contribution in [3.8, 4) is 10.4 Å². The van der Waals surface area contributed by atoms with Gasteiger partial charge in [-0.3, -0.25) is 4.98 Å². The minimum atomic E-state index is 0.510. The Labute approximate surface area is 121 Å². The van der Waals surface area contributed by atoms with Crippen molar-refractivity contribution in [2.75, 3.05) is 0 Å². The molecule has 0 saturated carbocycles. The molecule has 2 heterocycles. The Morgan fingerprint density at radius 2 is 1.74 bits per heavy atom. The van der Waals surface area contributed by atoms with Crippen molar-refractivity contribution in [3.05, 3.63) is 48.4 Å². The van der Waals surface area contributed by atoms with Gasteiger partial charge >= 0.3 is 0 Å². The Bertz CT molecular complexity index is 447. The molecule has 0 aliphatic heterocycles. The molecule has 2 aromatic heterocycles. The van der Waals surface area contributed by atoms with E-state index in [1.807, 2.05) is 51.5 Å². The molecule has 0 aliphatic rings. The van der Waals surface area contributed by atoms with Gasteiger partial charge in [-0.05, 0) is 24.6 Å². The standard InChI is InChI=1S/C11H12N2S.C3H6.C2H6/c1-8(2)11-13-7-10(14-11)9-3-5-12-6-4-9;1-3-2;1-2/h3-8H,1-2H3;3H,1H2,2H3;1-2H3. The highest BCUT2D eigenvalue weighted by molar-refractivity contribution is 7.15. The Morgan fingerprint density at radius 1 is 1.21 bits per heavy atom. The van der Waals surface area contributed by atoms with E-state index in [1.54, 1.807) is 17.4 Å². The lowest BCUT2D eigenvalue weighted by atomic mass is 10.2. The first-order chi connectivity index (χ1) is 9.19. The molecule has 104 valence electrons. The third-order valence-corrected chi connectivity index (χ3v) is 3.33. The first-order valence-corrected chi connectivity index (χ1v) is 7.43. The minimum Gasteiger partial charge on any atom is -0.265 e. The van der Waals surface area contributed by atoms with Gasteiger partial charge in [-0.25, -0.2) is 4.98 Å². The number of hydrogen-bond donors (Lipinski definition) is 0. The molecule has 0 radical (unpaired) electrons. The first-order valence-electron chi connectivity index (χ1n) is 6.62. The van der Waals surface area contributed by atoms with Crippen molar-refractivity contribution >= 4 is 11.3 Å². The number of nitrogens with zero attached hydrogens (tertiary/aromatic N) is 2. The summed E-state index contributed by atoms with van der Waals surface area (Å²) in [4.78, 5) is 9.61. The fourth-order valence-corrected chi connectivity index (χ4v) is 2.13. The van der Waals surface area contributed by atoms with E-state index in [4.69, 9.17) is 0 Å². The van der Waals surface area contributed by atoms with Crippen LogP contribution in [-0.4, -0.2) is 9.97 Å². The van der Waals surface area contributed by atoms with Crippen LogP contribution in [-0.2, 0) is 0 Å². The summed E-state index contributed by atoms with van der Waals surface area (Å²) in [6.07, 6.45) is 7.31. The van der Waals surface area contributed by atoms with Gasteiger partial charge in [0.1, 0.15) is 0 Å².